The molecule has 1 N–H and O–H groups in total. The Morgan fingerprint density at radius 1 is 1.08 bits per heavy atom. The molecule has 0 unspecified atom stereocenters. The lowest BCUT2D eigenvalue weighted by atomic mass is 9.98. The highest BCUT2D eigenvalue weighted by atomic mass is 19.1. The van der Waals surface area contributed by atoms with Gasteiger partial charge in [0, 0.05) is 36.6 Å². The van der Waals surface area contributed by atoms with Crippen molar-refractivity contribution in [2.45, 2.75) is 32.4 Å². The number of carbonyl (C=O) groups is 2. The van der Waals surface area contributed by atoms with E-state index in [1.165, 1.54) is 12.1 Å². The molecule has 182 valence electrons. The van der Waals surface area contributed by atoms with Crippen LogP contribution in [0.15, 0.2) is 73.2 Å². The smallest absolute Gasteiger partial charge is 0.276 e. The normalized spacial score (nSPS) is 14.7. The van der Waals surface area contributed by atoms with Crippen molar-refractivity contribution in [2.24, 2.45) is 0 Å². The molecule has 2 amide bonds. The maximum atomic E-state index is 13.5. The van der Waals surface area contributed by atoms with E-state index in [0.29, 0.717) is 34.9 Å². The average Bonchev–Trinajstić information content (AvgIpc) is 3.52. The van der Waals surface area contributed by atoms with Gasteiger partial charge in [0.25, 0.3) is 11.8 Å². The van der Waals surface area contributed by atoms with E-state index < -0.39 is 0 Å². The van der Waals surface area contributed by atoms with Gasteiger partial charge >= 0.3 is 0 Å². The first kappa shape index (κ1) is 23.3. The number of hydrogen-bond donors (Lipinski definition) is 1. The summed E-state index contributed by atoms with van der Waals surface area (Å²) in [7, 11) is 0. The maximum absolute atomic E-state index is 13.5. The van der Waals surface area contributed by atoms with Gasteiger partial charge in [0.05, 0.1) is 5.92 Å². The number of pyridine rings is 1. The monoisotopic (exact) mass is 484 g/mol. The first-order valence-electron chi connectivity index (χ1n) is 11.7. The lowest BCUT2D eigenvalue weighted by Crippen LogP contribution is -2.30. The summed E-state index contributed by atoms with van der Waals surface area (Å²) in [5.41, 5.74) is 2.92. The highest BCUT2D eigenvalue weighted by Crippen LogP contribution is 2.40. The second kappa shape index (κ2) is 9.69. The second-order valence-corrected chi connectivity index (χ2v) is 8.95. The molecule has 0 aliphatic carbocycles. The van der Waals surface area contributed by atoms with Crippen molar-refractivity contribution < 1.29 is 14.0 Å². The van der Waals surface area contributed by atoms with Crippen molar-refractivity contribution >= 4 is 17.5 Å². The van der Waals surface area contributed by atoms with Crippen molar-refractivity contribution in [2.75, 3.05) is 11.4 Å². The summed E-state index contributed by atoms with van der Waals surface area (Å²) in [6.07, 6.45) is 3.26. The van der Waals surface area contributed by atoms with E-state index in [9.17, 15) is 14.0 Å². The number of nitrogens with one attached hydrogen (secondary N) is 1. The second-order valence-electron chi connectivity index (χ2n) is 8.95. The number of aromatic nitrogens is 4. The molecule has 1 aliphatic rings. The van der Waals surface area contributed by atoms with Crippen molar-refractivity contribution in [1.82, 2.24) is 25.1 Å². The van der Waals surface area contributed by atoms with Crippen molar-refractivity contribution in [1.29, 1.82) is 0 Å². The fraction of sp³-hybridized carbons (Fsp3) is 0.222. The number of halogens is 1. The first-order valence-corrected chi connectivity index (χ1v) is 11.7. The molecule has 9 heteroatoms. The van der Waals surface area contributed by atoms with Crippen LogP contribution in [0.1, 0.15) is 63.6 Å². The maximum Gasteiger partial charge on any atom is 0.276 e. The molecule has 0 saturated carbocycles. The molecular weight excluding hydrogens is 459 g/mol. The predicted molar refractivity (Wildman–Crippen MR) is 132 cm³/mol. The highest BCUT2D eigenvalue weighted by Gasteiger charge is 2.37. The van der Waals surface area contributed by atoms with Gasteiger partial charge in [0.1, 0.15) is 17.8 Å². The molecule has 2 aromatic carbocycles. The van der Waals surface area contributed by atoms with Crippen molar-refractivity contribution in [3.05, 3.63) is 107 Å². The van der Waals surface area contributed by atoms with E-state index in [1.807, 2.05) is 13.8 Å². The minimum Gasteiger partial charge on any atom is -0.348 e. The molecule has 0 spiro atoms. The number of anilines is 1. The molecule has 0 fully saturated rings. The van der Waals surface area contributed by atoms with Gasteiger partial charge in [-0.1, -0.05) is 18.2 Å². The summed E-state index contributed by atoms with van der Waals surface area (Å²) in [4.78, 5) is 36.6. The molecule has 0 radical (unpaired) electrons. The first-order chi connectivity index (χ1) is 17.4. The Kier molecular flexibility index (Phi) is 6.28. The van der Waals surface area contributed by atoms with Gasteiger partial charge in [-0.25, -0.2) is 9.37 Å². The summed E-state index contributed by atoms with van der Waals surface area (Å²) >= 11 is 0. The topological polar surface area (TPSA) is 93.0 Å². The van der Waals surface area contributed by atoms with Crippen molar-refractivity contribution in [3.63, 3.8) is 0 Å². The Labute approximate surface area is 207 Å². The van der Waals surface area contributed by atoms with Crippen molar-refractivity contribution in [3.8, 4) is 0 Å². The third-order valence-corrected chi connectivity index (χ3v) is 6.16. The number of benzene rings is 2. The fourth-order valence-electron chi connectivity index (χ4n) is 4.27. The van der Waals surface area contributed by atoms with E-state index >= 15 is 0 Å². The van der Waals surface area contributed by atoms with E-state index in [1.54, 1.807) is 70.6 Å². The van der Waals surface area contributed by atoms with Crippen LogP contribution >= 0.6 is 0 Å². The quantitative estimate of drug-likeness (QED) is 0.445. The average molecular weight is 485 g/mol. The van der Waals surface area contributed by atoms with Crippen LogP contribution in [0.4, 0.5) is 10.1 Å². The molecule has 1 aliphatic heterocycles. The predicted octanol–water partition coefficient (Wildman–Crippen LogP) is 4.12. The Hall–Kier alpha value is -4.40. The lowest BCUT2D eigenvalue weighted by Gasteiger charge is -2.17. The SMILES string of the molecule is CC(C)n1cnc([C@H]2CN(C(=O)c3ccccn3)c3ccc(C(=O)NCc4cccc(F)c4)cc32)n1. The van der Waals surface area contributed by atoms with E-state index in [-0.39, 0.29) is 36.1 Å². The van der Waals surface area contributed by atoms with Crippen LogP contribution in [-0.4, -0.2) is 38.1 Å². The van der Waals surface area contributed by atoms with Crippen LogP contribution in [0.25, 0.3) is 0 Å². The lowest BCUT2D eigenvalue weighted by molar-refractivity contribution is 0.0949. The minimum absolute atomic E-state index is 0.137. The molecule has 0 bridgehead atoms. The highest BCUT2D eigenvalue weighted by molar-refractivity contribution is 6.07. The van der Waals surface area contributed by atoms with E-state index in [4.69, 9.17) is 0 Å². The van der Waals surface area contributed by atoms with Crippen LogP contribution in [-0.2, 0) is 6.54 Å². The van der Waals surface area contributed by atoms with Crippen LogP contribution in [0, 0.1) is 5.82 Å². The third-order valence-electron chi connectivity index (χ3n) is 6.16. The number of rotatable bonds is 6. The number of carbonyl (C=O) groups excluding carboxylic acids is 2. The number of fused-ring (bicyclic) bond motifs is 1. The number of hydrogen-bond acceptors (Lipinski definition) is 5. The largest absolute Gasteiger partial charge is 0.348 e. The molecule has 3 heterocycles. The zero-order valence-electron chi connectivity index (χ0n) is 19.9. The molecule has 5 rings (SSSR count). The minimum atomic E-state index is -0.354. The Morgan fingerprint density at radius 2 is 1.94 bits per heavy atom. The van der Waals surface area contributed by atoms with Gasteiger partial charge in [-0.2, -0.15) is 5.10 Å². The van der Waals surface area contributed by atoms with Gasteiger partial charge in [-0.3, -0.25) is 19.3 Å². The number of nitrogens with zero attached hydrogens (tertiary/aromatic N) is 5. The summed E-state index contributed by atoms with van der Waals surface area (Å²) < 4.78 is 15.3. The molecule has 1 atom stereocenters. The number of amides is 2. The molecule has 4 aromatic rings. The van der Waals surface area contributed by atoms with Crippen LogP contribution < -0.4 is 10.2 Å². The zero-order valence-corrected chi connectivity index (χ0v) is 19.9. The molecular formula is C27H25FN6O2. The van der Waals surface area contributed by atoms with Gasteiger partial charge in [-0.05, 0) is 67.4 Å². The summed E-state index contributed by atoms with van der Waals surface area (Å²) in [6, 6.07) is 16.7. The Balaban J connectivity index is 1.46. The molecule has 2 aromatic heterocycles. The van der Waals surface area contributed by atoms with Crippen LogP contribution in [0.2, 0.25) is 0 Å². The van der Waals surface area contributed by atoms with E-state index in [2.05, 4.69) is 20.4 Å². The zero-order chi connectivity index (χ0) is 25.2. The molecule has 36 heavy (non-hydrogen) atoms. The molecule has 0 saturated heterocycles. The van der Waals surface area contributed by atoms with Gasteiger partial charge in [0.15, 0.2) is 5.82 Å². The van der Waals surface area contributed by atoms with E-state index in [0.717, 1.165) is 5.56 Å². The summed E-state index contributed by atoms with van der Waals surface area (Å²) in [5, 5.41) is 7.47. The fourth-order valence-corrected chi connectivity index (χ4v) is 4.27. The van der Waals surface area contributed by atoms with Gasteiger partial charge < -0.3 is 10.2 Å². The third kappa shape index (κ3) is 4.59. The standard InChI is InChI=1S/C27H25FN6O2/c1-17(2)34-16-31-25(32-34)22-15-33(27(36)23-8-3-4-11-29-23)24-10-9-19(13-21(22)24)26(35)30-14-18-6-5-7-20(28)12-18/h3-13,16-17,22H,14-15H2,1-2H3,(H,30,35)/t22-/m0/s1. The van der Waals surface area contributed by atoms with Crippen LogP contribution in [0.3, 0.4) is 0 Å². The Morgan fingerprint density at radius 3 is 2.67 bits per heavy atom. The van der Waals surface area contributed by atoms with Gasteiger partial charge in [-0.15, -0.1) is 0 Å². The summed E-state index contributed by atoms with van der Waals surface area (Å²) in [6.45, 7) is 4.56. The van der Waals surface area contributed by atoms with Crippen LogP contribution in [0.5, 0.6) is 0 Å². The molecule has 8 nitrogen and oxygen atoms in total. The summed E-state index contributed by atoms with van der Waals surface area (Å²) in [5.74, 6) is -0.600. The Bertz CT molecular complexity index is 1420. The van der Waals surface area contributed by atoms with Gasteiger partial charge in [0.2, 0.25) is 0 Å².